The van der Waals surface area contributed by atoms with Gasteiger partial charge in [-0.1, -0.05) is 6.92 Å². The summed E-state index contributed by atoms with van der Waals surface area (Å²) < 4.78 is 35.9. The van der Waals surface area contributed by atoms with Crippen LogP contribution >= 0.6 is 11.3 Å². The van der Waals surface area contributed by atoms with E-state index < -0.39 is 15.4 Å². The second-order valence-electron chi connectivity index (χ2n) is 2.69. The van der Waals surface area contributed by atoms with Gasteiger partial charge in [-0.3, -0.25) is 4.55 Å². The fourth-order valence-corrected chi connectivity index (χ4v) is 2.90. The average Bonchev–Trinajstić information content (AvgIpc) is 2.51. The number of thiophene rings is 1. The highest BCUT2D eigenvalue weighted by Gasteiger charge is 2.26. The molecule has 0 aliphatic rings. The molecule has 1 radical (unpaired) electrons. The summed E-state index contributed by atoms with van der Waals surface area (Å²) in [6.45, 7) is 3.49. The van der Waals surface area contributed by atoms with Gasteiger partial charge in [0.2, 0.25) is 0 Å². The number of hydrogen-bond acceptors (Lipinski definition) is 4. The Bertz CT molecular complexity index is 393. The molecule has 0 amide bonds. The molecule has 6 heteroatoms. The summed E-state index contributed by atoms with van der Waals surface area (Å²) in [7, 11) is -2.65. The maximum atomic E-state index is 11.0. The Hall–Kier alpha value is -0.590. The largest absolute Gasteiger partial charge is 0.496 e. The first-order valence-electron chi connectivity index (χ1n) is 3.86. The average molecular weight is 235 g/mol. The molecule has 1 unspecified atom stereocenters. The molecule has 0 saturated heterocycles. The molecular formula is C8H11O4S2. The van der Waals surface area contributed by atoms with Gasteiger partial charge in [0.25, 0.3) is 10.1 Å². The van der Waals surface area contributed by atoms with Crippen LogP contribution in [0.1, 0.15) is 17.2 Å². The Kier molecular flexibility index (Phi) is 3.52. The van der Waals surface area contributed by atoms with Crippen LogP contribution in [0.2, 0.25) is 0 Å². The summed E-state index contributed by atoms with van der Waals surface area (Å²) >= 11 is 1.32. The molecule has 1 atom stereocenters. The normalized spacial score (nSPS) is 13.9. The van der Waals surface area contributed by atoms with Gasteiger partial charge in [0.1, 0.15) is 11.0 Å². The van der Waals surface area contributed by atoms with Crippen molar-refractivity contribution in [2.45, 2.75) is 11.7 Å². The van der Waals surface area contributed by atoms with E-state index in [-0.39, 0.29) is 6.42 Å². The highest BCUT2D eigenvalue weighted by molar-refractivity contribution is 7.86. The predicted molar refractivity (Wildman–Crippen MR) is 55.1 cm³/mol. The van der Waals surface area contributed by atoms with Crippen molar-refractivity contribution in [1.29, 1.82) is 0 Å². The molecule has 0 spiro atoms. The van der Waals surface area contributed by atoms with Crippen molar-refractivity contribution in [3.8, 4) is 5.75 Å². The molecule has 0 saturated carbocycles. The van der Waals surface area contributed by atoms with Gasteiger partial charge in [-0.05, 0) is 11.8 Å². The summed E-state index contributed by atoms with van der Waals surface area (Å²) in [4.78, 5) is 0. The van der Waals surface area contributed by atoms with Gasteiger partial charge < -0.3 is 4.74 Å². The first kappa shape index (κ1) is 11.5. The predicted octanol–water partition coefficient (Wildman–Crippen LogP) is 1.91. The van der Waals surface area contributed by atoms with Crippen molar-refractivity contribution in [3.05, 3.63) is 23.2 Å². The Morgan fingerprint density at radius 3 is 2.71 bits per heavy atom. The third-order valence-corrected chi connectivity index (χ3v) is 3.79. The van der Waals surface area contributed by atoms with Crippen LogP contribution in [0.3, 0.4) is 0 Å². The first-order valence-corrected chi connectivity index (χ1v) is 6.31. The second-order valence-corrected chi connectivity index (χ2v) is 5.03. The van der Waals surface area contributed by atoms with Crippen molar-refractivity contribution in [2.24, 2.45) is 0 Å². The minimum Gasteiger partial charge on any atom is -0.496 e. The fraction of sp³-hybridized carbons (Fsp3) is 0.375. The van der Waals surface area contributed by atoms with Crippen molar-refractivity contribution in [3.63, 3.8) is 0 Å². The molecule has 1 N–H and O–H groups in total. The van der Waals surface area contributed by atoms with E-state index in [4.69, 9.17) is 9.29 Å². The van der Waals surface area contributed by atoms with E-state index in [1.165, 1.54) is 18.4 Å². The SMILES string of the molecule is [CH2]CC(c1cscc1OC)S(=O)(=O)O. The summed E-state index contributed by atoms with van der Waals surface area (Å²) in [6.07, 6.45) is 0.0753. The van der Waals surface area contributed by atoms with Crippen LogP contribution in [0.5, 0.6) is 5.75 Å². The van der Waals surface area contributed by atoms with Gasteiger partial charge in [0, 0.05) is 10.9 Å². The van der Waals surface area contributed by atoms with E-state index >= 15 is 0 Å². The third kappa shape index (κ3) is 2.26. The molecule has 0 bridgehead atoms. The quantitative estimate of drug-likeness (QED) is 0.810. The standard InChI is InChI=1S/C8H11O4S2/c1-3-8(14(9,10)11)6-4-13-5-7(6)12-2/h4-5,8H,1,3H2,2H3,(H,9,10,11). The smallest absolute Gasteiger partial charge is 0.272 e. The number of rotatable bonds is 4. The van der Waals surface area contributed by atoms with Crippen molar-refractivity contribution < 1.29 is 17.7 Å². The van der Waals surface area contributed by atoms with E-state index in [0.29, 0.717) is 11.3 Å². The van der Waals surface area contributed by atoms with Crippen LogP contribution in [0.15, 0.2) is 10.8 Å². The maximum Gasteiger partial charge on any atom is 0.272 e. The van der Waals surface area contributed by atoms with Gasteiger partial charge in [0.05, 0.1) is 7.11 Å². The maximum absolute atomic E-state index is 11.0. The molecule has 0 fully saturated rings. The van der Waals surface area contributed by atoms with Gasteiger partial charge in [-0.25, -0.2) is 0 Å². The van der Waals surface area contributed by atoms with E-state index in [1.807, 2.05) is 0 Å². The van der Waals surface area contributed by atoms with Crippen LogP contribution < -0.4 is 4.74 Å². The van der Waals surface area contributed by atoms with Crippen LogP contribution in [0, 0.1) is 6.92 Å². The first-order chi connectivity index (χ1) is 6.50. The van der Waals surface area contributed by atoms with E-state index in [1.54, 1.807) is 10.8 Å². The summed E-state index contributed by atoms with van der Waals surface area (Å²) in [5.41, 5.74) is 0.468. The van der Waals surface area contributed by atoms with E-state index in [0.717, 1.165) is 0 Å². The highest BCUT2D eigenvalue weighted by atomic mass is 32.2. The zero-order valence-electron chi connectivity index (χ0n) is 7.63. The Morgan fingerprint density at radius 2 is 2.29 bits per heavy atom. The van der Waals surface area contributed by atoms with Crippen LogP contribution in [-0.2, 0) is 10.1 Å². The Morgan fingerprint density at radius 1 is 1.64 bits per heavy atom. The van der Waals surface area contributed by atoms with Gasteiger partial charge in [-0.2, -0.15) is 8.42 Å². The zero-order valence-corrected chi connectivity index (χ0v) is 9.27. The molecule has 1 aromatic heterocycles. The van der Waals surface area contributed by atoms with E-state index in [9.17, 15) is 8.42 Å². The molecule has 0 aliphatic carbocycles. The summed E-state index contributed by atoms with van der Waals surface area (Å²) in [5, 5.41) is 2.33. The van der Waals surface area contributed by atoms with Crippen LogP contribution in [0.25, 0.3) is 0 Å². The molecule has 4 nitrogen and oxygen atoms in total. The zero-order chi connectivity index (χ0) is 10.8. The second kappa shape index (κ2) is 4.29. The molecule has 1 aromatic rings. The number of ether oxygens (including phenoxy) is 1. The minimum absolute atomic E-state index is 0.0753. The fourth-order valence-electron chi connectivity index (χ4n) is 1.16. The lowest BCUT2D eigenvalue weighted by atomic mass is 10.2. The van der Waals surface area contributed by atoms with Gasteiger partial charge >= 0.3 is 0 Å². The van der Waals surface area contributed by atoms with Gasteiger partial charge in [-0.15, -0.1) is 11.3 Å². The lowest BCUT2D eigenvalue weighted by Gasteiger charge is -2.11. The lowest BCUT2D eigenvalue weighted by molar-refractivity contribution is 0.408. The van der Waals surface area contributed by atoms with Gasteiger partial charge in [0.15, 0.2) is 0 Å². The third-order valence-electron chi connectivity index (χ3n) is 1.84. The molecule has 1 heterocycles. The van der Waals surface area contributed by atoms with Crippen LogP contribution in [0.4, 0.5) is 0 Å². The van der Waals surface area contributed by atoms with Crippen molar-refractivity contribution in [1.82, 2.24) is 0 Å². The summed E-state index contributed by atoms with van der Waals surface area (Å²) in [5.74, 6) is 0.473. The van der Waals surface area contributed by atoms with Crippen molar-refractivity contribution >= 4 is 21.5 Å². The lowest BCUT2D eigenvalue weighted by Crippen LogP contribution is -2.11. The number of hydrogen-bond donors (Lipinski definition) is 1. The molecule has 0 aliphatic heterocycles. The monoisotopic (exact) mass is 235 g/mol. The van der Waals surface area contributed by atoms with Crippen molar-refractivity contribution in [2.75, 3.05) is 7.11 Å². The van der Waals surface area contributed by atoms with Crippen LogP contribution in [-0.4, -0.2) is 20.1 Å². The Balaban J connectivity index is 3.13. The molecule has 1 rings (SSSR count). The molecule has 0 aromatic carbocycles. The summed E-state index contributed by atoms with van der Waals surface area (Å²) in [6, 6.07) is 0. The highest BCUT2D eigenvalue weighted by Crippen LogP contribution is 2.35. The number of methoxy groups -OCH3 is 1. The molecular weight excluding hydrogens is 224 g/mol. The minimum atomic E-state index is -4.11. The Labute approximate surface area is 87.3 Å². The molecule has 14 heavy (non-hydrogen) atoms. The topological polar surface area (TPSA) is 63.6 Å². The molecule has 79 valence electrons. The van der Waals surface area contributed by atoms with E-state index in [2.05, 4.69) is 6.92 Å².